The van der Waals surface area contributed by atoms with E-state index in [-0.39, 0.29) is 11.1 Å². The fourth-order valence-electron chi connectivity index (χ4n) is 1.23. The lowest BCUT2D eigenvalue weighted by Crippen LogP contribution is -2.20. The Morgan fingerprint density at radius 1 is 1.60 bits per heavy atom. The Morgan fingerprint density at radius 2 is 2.33 bits per heavy atom. The van der Waals surface area contributed by atoms with Crippen LogP contribution in [0.15, 0.2) is 35.8 Å². The molecule has 0 unspecified atom stereocenters. The molecule has 0 amide bonds. The van der Waals surface area contributed by atoms with Crippen LogP contribution in [0.5, 0.6) is 0 Å². The fourth-order valence-corrected chi connectivity index (χ4v) is 1.23. The highest BCUT2D eigenvalue weighted by Crippen LogP contribution is 1.97. The van der Waals surface area contributed by atoms with Crippen LogP contribution in [0.25, 0.3) is 0 Å². The number of rotatable bonds is 5. The van der Waals surface area contributed by atoms with E-state index < -0.39 is 5.97 Å². The van der Waals surface area contributed by atoms with Crippen LogP contribution in [0.1, 0.15) is 23.2 Å². The largest absolute Gasteiger partial charge is 0.478 e. The number of carbonyl (C=O) groups is 1. The Balaban J connectivity index is 2.79. The van der Waals surface area contributed by atoms with Gasteiger partial charge in [-0.1, -0.05) is 6.08 Å². The van der Waals surface area contributed by atoms with Gasteiger partial charge in [-0.05, 0) is 18.9 Å². The van der Waals surface area contributed by atoms with Gasteiger partial charge in [0.15, 0.2) is 0 Å². The first-order valence-corrected chi connectivity index (χ1v) is 4.70. The SMILES string of the molecule is C=CCCCn1ccc(C(=O)O)cc1=O. The molecule has 1 heterocycles. The Hall–Kier alpha value is -1.84. The molecular weight excluding hydrogens is 194 g/mol. The third-order valence-electron chi connectivity index (χ3n) is 2.05. The van der Waals surface area contributed by atoms with Crippen LogP contribution in [0.4, 0.5) is 0 Å². The molecule has 0 aliphatic heterocycles. The molecule has 1 aromatic heterocycles. The van der Waals surface area contributed by atoms with Crippen LogP contribution < -0.4 is 5.56 Å². The molecule has 0 fully saturated rings. The molecule has 0 aromatic carbocycles. The van der Waals surface area contributed by atoms with Crippen LogP contribution >= 0.6 is 0 Å². The lowest BCUT2D eigenvalue weighted by Gasteiger charge is -2.04. The molecule has 0 saturated carbocycles. The number of aromatic nitrogens is 1. The van der Waals surface area contributed by atoms with Gasteiger partial charge >= 0.3 is 5.97 Å². The molecule has 0 spiro atoms. The van der Waals surface area contributed by atoms with Crippen molar-refractivity contribution in [2.45, 2.75) is 19.4 Å². The van der Waals surface area contributed by atoms with Gasteiger partial charge in [-0.3, -0.25) is 4.79 Å². The Morgan fingerprint density at radius 3 is 2.87 bits per heavy atom. The predicted molar refractivity (Wildman–Crippen MR) is 57.1 cm³/mol. The molecule has 4 heteroatoms. The highest BCUT2D eigenvalue weighted by atomic mass is 16.4. The molecule has 0 atom stereocenters. The summed E-state index contributed by atoms with van der Waals surface area (Å²) in [5, 5.41) is 8.65. The van der Waals surface area contributed by atoms with Crippen molar-refractivity contribution in [3.63, 3.8) is 0 Å². The molecule has 0 radical (unpaired) electrons. The monoisotopic (exact) mass is 207 g/mol. The van der Waals surface area contributed by atoms with Gasteiger partial charge in [0, 0.05) is 18.8 Å². The Kier molecular flexibility index (Phi) is 3.85. The first kappa shape index (κ1) is 11.2. The standard InChI is InChI=1S/C11H13NO3/c1-2-3-4-6-12-7-5-9(11(14)15)8-10(12)13/h2,5,7-8H,1,3-4,6H2,(H,14,15). The molecule has 0 aliphatic rings. The number of pyridine rings is 1. The minimum Gasteiger partial charge on any atom is -0.478 e. The maximum Gasteiger partial charge on any atom is 0.335 e. The van der Waals surface area contributed by atoms with E-state index in [9.17, 15) is 9.59 Å². The molecule has 0 aliphatic carbocycles. The number of hydrogen-bond donors (Lipinski definition) is 1. The van der Waals surface area contributed by atoms with Crippen molar-refractivity contribution in [2.75, 3.05) is 0 Å². The second kappa shape index (κ2) is 5.14. The summed E-state index contributed by atoms with van der Waals surface area (Å²) in [6.07, 6.45) is 4.97. The minimum absolute atomic E-state index is 0.0278. The smallest absolute Gasteiger partial charge is 0.335 e. The summed E-state index contributed by atoms with van der Waals surface area (Å²) in [6.45, 7) is 4.17. The number of aromatic carboxylic acids is 1. The number of allylic oxidation sites excluding steroid dienone is 1. The van der Waals surface area contributed by atoms with E-state index in [1.807, 2.05) is 0 Å². The Labute approximate surface area is 87.5 Å². The van der Waals surface area contributed by atoms with Gasteiger partial charge in [0.1, 0.15) is 0 Å². The third kappa shape index (κ3) is 3.09. The van der Waals surface area contributed by atoms with Crippen LogP contribution in [-0.4, -0.2) is 15.6 Å². The van der Waals surface area contributed by atoms with Crippen molar-refractivity contribution in [3.05, 3.63) is 46.9 Å². The normalized spacial score (nSPS) is 9.87. The summed E-state index contributed by atoms with van der Waals surface area (Å²) in [6, 6.07) is 2.56. The molecule has 0 saturated heterocycles. The maximum absolute atomic E-state index is 11.4. The summed E-state index contributed by atoms with van der Waals surface area (Å²) >= 11 is 0. The van der Waals surface area contributed by atoms with E-state index >= 15 is 0 Å². The summed E-state index contributed by atoms with van der Waals surface area (Å²) < 4.78 is 1.50. The molecule has 1 N–H and O–H groups in total. The van der Waals surface area contributed by atoms with Gasteiger partial charge in [-0.15, -0.1) is 6.58 Å². The van der Waals surface area contributed by atoms with Gasteiger partial charge in [-0.25, -0.2) is 4.79 Å². The third-order valence-corrected chi connectivity index (χ3v) is 2.05. The number of nitrogens with zero attached hydrogens (tertiary/aromatic N) is 1. The van der Waals surface area contributed by atoms with Gasteiger partial charge < -0.3 is 9.67 Å². The van der Waals surface area contributed by atoms with Gasteiger partial charge in [0.25, 0.3) is 5.56 Å². The molecule has 1 aromatic rings. The van der Waals surface area contributed by atoms with E-state index in [2.05, 4.69) is 6.58 Å². The van der Waals surface area contributed by atoms with Crippen LogP contribution in [-0.2, 0) is 6.54 Å². The van der Waals surface area contributed by atoms with E-state index in [4.69, 9.17) is 5.11 Å². The van der Waals surface area contributed by atoms with Gasteiger partial charge in [0.2, 0.25) is 0 Å². The molecular formula is C11H13NO3. The number of carboxylic acid groups (broad SMARTS) is 1. The molecule has 15 heavy (non-hydrogen) atoms. The van der Waals surface area contributed by atoms with E-state index in [0.717, 1.165) is 18.9 Å². The summed E-state index contributed by atoms with van der Waals surface area (Å²) in [7, 11) is 0. The number of carboxylic acids is 1. The second-order valence-corrected chi connectivity index (χ2v) is 3.18. The molecule has 1 rings (SSSR count). The lowest BCUT2D eigenvalue weighted by molar-refractivity contribution is 0.0696. The number of unbranched alkanes of at least 4 members (excludes halogenated alkanes) is 1. The molecule has 4 nitrogen and oxygen atoms in total. The average molecular weight is 207 g/mol. The second-order valence-electron chi connectivity index (χ2n) is 3.18. The van der Waals surface area contributed by atoms with E-state index in [1.54, 1.807) is 6.08 Å². The topological polar surface area (TPSA) is 59.3 Å². The quantitative estimate of drug-likeness (QED) is 0.588. The molecule has 0 bridgehead atoms. The van der Waals surface area contributed by atoms with E-state index in [1.165, 1.54) is 16.8 Å². The van der Waals surface area contributed by atoms with Crippen molar-refractivity contribution in [3.8, 4) is 0 Å². The number of hydrogen-bond acceptors (Lipinski definition) is 2. The zero-order valence-electron chi connectivity index (χ0n) is 8.35. The first-order valence-electron chi connectivity index (χ1n) is 4.70. The van der Waals surface area contributed by atoms with Crippen molar-refractivity contribution in [1.29, 1.82) is 0 Å². The predicted octanol–water partition coefficient (Wildman–Crippen LogP) is 1.51. The zero-order chi connectivity index (χ0) is 11.3. The summed E-state index contributed by atoms with van der Waals surface area (Å²) in [5.74, 6) is -1.08. The van der Waals surface area contributed by atoms with E-state index in [0.29, 0.717) is 6.54 Å². The zero-order valence-corrected chi connectivity index (χ0v) is 8.35. The van der Waals surface area contributed by atoms with Crippen molar-refractivity contribution < 1.29 is 9.90 Å². The van der Waals surface area contributed by atoms with Crippen molar-refractivity contribution in [1.82, 2.24) is 4.57 Å². The van der Waals surface area contributed by atoms with Gasteiger partial charge in [0.05, 0.1) is 5.56 Å². The number of aryl methyl sites for hydroxylation is 1. The fraction of sp³-hybridized carbons (Fsp3) is 0.273. The minimum atomic E-state index is -1.08. The molecule has 80 valence electrons. The van der Waals surface area contributed by atoms with Crippen molar-refractivity contribution >= 4 is 5.97 Å². The van der Waals surface area contributed by atoms with Crippen molar-refractivity contribution in [2.24, 2.45) is 0 Å². The highest BCUT2D eigenvalue weighted by molar-refractivity contribution is 5.87. The first-order chi connectivity index (χ1) is 7.15. The van der Waals surface area contributed by atoms with Crippen LogP contribution in [0.3, 0.4) is 0 Å². The van der Waals surface area contributed by atoms with Crippen LogP contribution in [0, 0.1) is 0 Å². The maximum atomic E-state index is 11.4. The lowest BCUT2D eigenvalue weighted by atomic mass is 10.2. The highest BCUT2D eigenvalue weighted by Gasteiger charge is 2.04. The van der Waals surface area contributed by atoms with Gasteiger partial charge in [-0.2, -0.15) is 0 Å². The average Bonchev–Trinajstić information content (AvgIpc) is 2.20. The summed E-state index contributed by atoms with van der Waals surface area (Å²) in [5.41, 5.74) is -0.251. The Bertz CT molecular complexity index is 420. The van der Waals surface area contributed by atoms with Crippen LogP contribution in [0.2, 0.25) is 0 Å². The summed E-state index contributed by atoms with van der Waals surface area (Å²) in [4.78, 5) is 22.0.